The van der Waals surface area contributed by atoms with Gasteiger partial charge in [-0.2, -0.15) is 0 Å². The second-order valence-electron chi connectivity index (χ2n) is 3.64. The second-order valence-corrected chi connectivity index (χ2v) is 3.64. The lowest BCUT2D eigenvalue weighted by Crippen LogP contribution is -2.29. The number of ether oxygens (including phenoxy) is 1. The Morgan fingerprint density at radius 3 is 2.59 bits per heavy atom. The minimum atomic E-state index is -0.342. The maximum Gasteiger partial charge on any atom is 0.307 e. The first-order valence-corrected chi connectivity index (χ1v) is 5.23. The molecule has 0 aromatic heterocycles. The van der Waals surface area contributed by atoms with Crippen LogP contribution in [0.5, 0.6) is 0 Å². The lowest BCUT2D eigenvalue weighted by molar-refractivity contribution is -0.140. The van der Waals surface area contributed by atoms with E-state index >= 15 is 0 Å². The summed E-state index contributed by atoms with van der Waals surface area (Å²) in [5.74, 6) is -0.544. The van der Waals surface area contributed by atoms with Gasteiger partial charge in [0.2, 0.25) is 0 Å². The third-order valence-electron chi connectivity index (χ3n) is 2.42. The Morgan fingerprint density at radius 2 is 2.00 bits per heavy atom. The van der Waals surface area contributed by atoms with Crippen LogP contribution in [0.4, 0.5) is 5.69 Å². The molecule has 0 aliphatic heterocycles. The predicted octanol–water partition coefficient (Wildman–Crippen LogP) is 0.904. The third-order valence-corrected chi connectivity index (χ3v) is 2.42. The van der Waals surface area contributed by atoms with Crippen molar-refractivity contribution in [2.24, 2.45) is 0 Å². The lowest BCUT2D eigenvalue weighted by atomic mass is 10.1. The fourth-order valence-electron chi connectivity index (χ4n) is 1.36. The van der Waals surface area contributed by atoms with Crippen molar-refractivity contribution in [1.29, 1.82) is 0 Å². The first-order chi connectivity index (χ1) is 8.06. The van der Waals surface area contributed by atoms with Gasteiger partial charge in [0.1, 0.15) is 0 Å². The van der Waals surface area contributed by atoms with Gasteiger partial charge in [0, 0.05) is 19.3 Å². The molecule has 0 atom stereocenters. The molecule has 1 amide bonds. The quantitative estimate of drug-likeness (QED) is 0.622. The zero-order chi connectivity index (χ0) is 12.8. The molecule has 0 fully saturated rings. The smallest absolute Gasteiger partial charge is 0.307 e. The molecule has 5 nitrogen and oxygen atoms in total. The number of nitrogen functional groups attached to an aromatic ring is 1. The molecule has 5 heteroatoms. The maximum atomic E-state index is 12.0. The number of hydrogen-bond acceptors (Lipinski definition) is 4. The van der Waals surface area contributed by atoms with E-state index in [9.17, 15) is 9.59 Å². The van der Waals surface area contributed by atoms with Crippen LogP contribution in [0.3, 0.4) is 0 Å². The first-order valence-electron chi connectivity index (χ1n) is 5.23. The summed E-state index contributed by atoms with van der Waals surface area (Å²) in [4.78, 5) is 24.4. The molecular weight excluding hydrogens is 220 g/mol. The van der Waals surface area contributed by atoms with E-state index in [4.69, 9.17) is 5.73 Å². The Balaban J connectivity index is 2.64. The van der Waals surface area contributed by atoms with Crippen molar-refractivity contribution in [2.45, 2.75) is 6.42 Å². The summed E-state index contributed by atoms with van der Waals surface area (Å²) in [7, 11) is 2.94. The summed E-state index contributed by atoms with van der Waals surface area (Å²) in [5, 5.41) is 0. The Morgan fingerprint density at radius 1 is 1.35 bits per heavy atom. The molecule has 17 heavy (non-hydrogen) atoms. The van der Waals surface area contributed by atoms with E-state index in [1.54, 1.807) is 31.3 Å². The van der Waals surface area contributed by atoms with Crippen LogP contribution >= 0.6 is 0 Å². The lowest BCUT2D eigenvalue weighted by Gasteiger charge is -2.17. The van der Waals surface area contributed by atoms with E-state index in [1.807, 2.05) is 0 Å². The highest BCUT2D eigenvalue weighted by molar-refractivity contribution is 5.99. The minimum absolute atomic E-state index is 0.172. The number of carbonyl (C=O) groups excluding carboxylic acids is 2. The van der Waals surface area contributed by atoms with Crippen LogP contribution in [0.15, 0.2) is 24.3 Å². The summed E-state index contributed by atoms with van der Waals surface area (Å²) in [5.41, 5.74) is 6.58. The topological polar surface area (TPSA) is 72.6 Å². The number of esters is 1. The molecular formula is C12H16N2O3. The van der Waals surface area contributed by atoms with Gasteiger partial charge in [0.15, 0.2) is 0 Å². The number of nitrogens with two attached hydrogens (primary N) is 1. The highest BCUT2D eigenvalue weighted by atomic mass is 16.5. The average molecular weight is 236 g/mol. The van der Waals surface area contributed by atoms with Crippen LogP contribution in [-0.4, -0.2) is 37.5 Å². The van der Waals surface area contributed by atoms with Crippen LogP contribution in [0.25, 0.3) is 0 Å². The summed E-state index contributed by atoms with van der Waals surface area (Å²) < 4.78 is 4.51. The van der Waals surface area contributed by atoms with Crippen molar-refractivity contribution in [3.05, 3.63) is 29.8 Å². The van der Waals surface area contributed by atoms with Gasteiger partial charge in [-0.1, -0.05) is 12.1 Å². The van der Waals surface area contributed by atoms with Crippen molar-refractivity contribution in [2.75, 3.05) is 26.4 Å². The summed E-state index contributed by atoms with van der Waals surface area (Å²) in [6, 6.07) is 6.84. The summed E-state index contributed by atoms with van der Waals surface area (Å²) >= 11 is 0. The van der Waals surface area contributed by atoms with Crippen LogP contribution < -0.4 is 5.73 Å². The number of amides is 1. The molecule has 0 saturated heterocycles. The maximum absolute atomic E-state index is 12.0. The number of carbonyl (C=O) groups is 2. The van der Waals surface area contributed by atoms with Crippen molar-refractivity contribution in [3.63, 3.8) is 0 Å². The number of methoxy groups -OCH3 is 1. The van der Waals surface area contributed by atoms with E-state index < -0.39 is 0 Å². The number of nitrogens with zero attached hydrogens (tertiary/aromatic N) is 1. The van der Waals surface area contributed by atoms with Gasteiger partial charge in [0.25, 0.3) is 5.91 Å². The second kappa shape index (κ2) is 5.89. The molecule has 1 rings (SSSR count). The van der Waals surface area contributed by atoms with Gasteiger partial charge in [-0.05, 0) is 12.1 Å². The van der Waals surface area contributed by atoms with Crippen molar-refractivity contribution < 1.29 is 14.3 Å². The van der Waals surface area contributed by atoms with E-state index in [0.29, 0.717) is 17.8 Å². The largest absolute Gasteiger partial charge is 0.469 e. The molecule has 0 bridgehead atoms. The zero-order valence-corrected chi connectivity index (χ0v) is 9.97. The van der Waals surface area contributed by atoms with Crippen molar-refractivity contribution in [3.8, 4) is 0 Å². The third kappa shape index (κ3) is 3.48. The SMILES string of the molecule is COC(=O)CCN(C)C(=O)c1ccccc1N. The number of hydrogen-bond donors (Lipinski definition) is 1. The Hall–Kier alpha value is -2.04. The zero-order valence-electron chi connectivity index (χ0n) is 9.97. The van der Waals surface area contributed by atoms with Crippen molar-refractivity contribution in [1.82, 2.24) is 4.90 Å². The van der Waals surface area contributed by atoms with E-state index in [2.05, 4.69) is 4.74 Å². The van der Waals surface area contributed by atoms with Crippen LogP contribution in [0.1, 0.15) is 16.8 Å². The normalized spacial score (nSPS) is 9.76. The number of benzene rings is 1. The standard InChI is InChI=1S/C12H16N2O3/c1-14(8-7-11(15)17-2)12(16)9-5-3-4-6-10(9)13/h3-6H,7-8,13H2,1-2H3. The number of anilines is 1. The summed E-state index contributed by atoms with van der Waals surface area (Å²) in [6.45, 7) is 0.305. The molecule has 0 saturated carbocycles. The van der Waals surface area contributed by atoms with E-state index in [0.717, 1.165) is 0 Å². The number of para-hydroxylation sites is 1. The van der Waals surface area contributed by atoms with Gasteiger partial charge < -0.3 is 15.4 Å². The summed E-state index contributed by atoms with van der Waals surface area (Å²) in [6.07, 6.45) is 0.172. The van der Waals surface area contributed by atoms with Gasteiger partial charge in [-0.15, -0.1) is 0 Å². The van der Waals surface area contributed by atoms with Gasteiger partial charge >= 0.3 is 5.97 Å². The Kier molecular flexibility index (Phi) is 4.51. The van der Waals surface area contributed by atoms with Crippen LogP contribution in [0, 0.1) is 0 Å². The molecule has 1 aromatic rings. The molecule has 0 spiro atoms. The fourth-order valence-corrected chi connectivity index (χ4v) is 1.36. The fraction of sp³-hybridized carbons (Fsp3) is 0.333. The monoisotopic (exact) mass is 236 g/mol. The van der Waals surface area contributed by atoms with E-state index in [1.165, 1.54) is 12.0 Å². The average Bonchev–Trinajstić information content (AvgIpc) is 2.35. The van der Waals surface area contributed by atoms with Crippen molar-refractivity contribution >= 4 is 17.6 Å². The molecule has 92 valence electrons. The van der Waals surface area contributed by atoms with Gasteiger partial charge in [0.05, 0.1) is 19.1 Å². The highest BCUT2D eigenvalue weighted by Crippen LogP contribution is 2.12. The molecule has 1 aromatic carbocycles. The predicted molar refractivity (Wildman–Crippen MR) is 64.4 cm³/mol. The first kappa shape index (κ1) is 13.0. The Labute approximate surface area is 100 Å². The van der Waals surface area contributed by atoms with Gasteiger partial charge in [-0.25, -0.2) is 0 Å². The minimum Gasteiger partial charge on any atom is -0.469 e. The van der Waals surface area contributed by atoms with Crippen LogP contribution in [0.2, 0.25) is 0 Å². The highest BCUT2D eigenvalue weighted by Gasteiger charge is 2.14. The molecule has 0 heterocycles. The molecule has 0 aliphatic carbocycles. The number of rotatable bonds is 4. The molecule has 0 aliphatic rings. The van der Waals surface area contributed by atoms with Crippen LogP contribution in [-0.2, 0) is 9.53 Å². The van der Waals surface area contributed by atoms with E-state index in [-0.39, 0.29) is 18.3 Å². The Bertz CT molecular complexity index is 418. The molecule has 0 radical (unpaired) electrons. The molecule has 2 N–H and O–H groups in total. The molecule has 0 unspecified atom stereocenters. The van der Waals surface area contributed by atoms with Gasteiger partial charge in [-0.3, -0.25) is 9.59 Å².